The lowest BCUT2D eigenvalue weighted by Crippen LogP contribution is -2.60. The molecule has 0 radical (unpaired) electrons. The molecule has 15 nitrogen and oxygen atoms in total. The normalized spacial score (nSPS) is 22.4. The fourth-order valence-electron chi connectivity index (χ4n) is 4.16. The number of carboxylic acids is 1. The molecule has 1 saturated heterocycles. The van der Waals surface area contributed by atoms with E-state index in [2.05, 4.69) is 0 Å². The molecule has 0 saturated carbocycles. The molecular formula is C25H22O15. The summed E-state index contributed by atoms with van der Waals surface area (Å²) in [4.78, 5) is 32.4. The molecule has 3 heterocycles. The molecule has 2 aromatic carbocycles. The summed E-state index contributed by atoms with van der Waals surface area (Å²) in [6.07, 6.45) is -8.28. The SMILES string of the molecule is O=C(O)c1cc2c(O[C@H]3O[C@@H](CO)[C@@H](O)[C@H](O)[C@@H]3O)c(-c3ccc(O)c(O)c3)oc3cc(=O)cc(o1)c32.O=CO. The number of carboxylic acid groups (broad SMARTS) is 2. The summed E-state index contributed by atoms with van der Waals surface area (Å²) < 4.78 is 22.6. The van der Waals surface area contributed by atoms with Gasteiger partial charge in [-0.25, -0.2) is 4.79 Å². The number of aliphatic hydroxyl groups excluding tert-OH is 4. The topological polar surface area (TPSA) is 258 Å². The smallest absolute Gasteiger partial charge is 0.371 e. The van der Waals surface area contributed by atoms with E-state index in [9.17, 15) is 45.3 Å². The van der Waals surface area contributed by atoms with Gasteiger partial charge in [-0.05, 0) is 18.2 Å². The van der Waals surface area contributed by atoms with Crippen LogP contribution in [0.3, 0.4) is 0 Å². The number of aromatic hydroxyl groups is 2. The third kappa shape index (κ3) is 5.14. The van der Waals surface area contributed by atoms with Crippen molar-refractivity contribution >= 4 is 34.4 Å². The first kappa shape index (κ1) is 28.3. The molecule has 0 aliphatic carbocycles. The summed E-state index contributed by atoms with van der Waals surface area (Å²) in [5.41, 5.74) is -0.657. The average molecular weight is 562 g/mol. The van der Waals surface area contributed by atoms with Crippen LogP contribution in [-0.2, 0) is 9.53 Å². The average Bonchev–Trinajstić information content (AvgIpc) is 2.91. The largest absolute Gasteiger partial charge is 0.504 e. The number of phenolic OH excluding ortho intramolecular Hbond substituents is 2. The molecule has 1 aliphatic heterocycles. The quantitative estimate of drug-likeness (QED) is 0.119. The number of hydrogen-bond donors (Lipinski definition) is 8. The predicted octanol–water partition coefficient (Wildman–Crippen LogP) is 0.195. The number of aromatic carboxylic acids is 1. The van der Waals surface area contributed by atoms with Crippen molar-refractivity contribution in [3.63, 3.8) is 0 Å². The second-order valence-corrected chi connectivity index (χ2v) is 8.51. The Morgan fingerprint density at radius 3 is 2.20 bits per heavy atom. The third-order valence-electron chi connectivity index (χ3n) is 6.00. The summed E-state index contributed by atoms with van der Waals surface area (Å²) in [6.45, 7) is -0.980. The molecule has 0 unspecified atom stereocenters. The van der Waals surface area contributed by atoms with Gasteiger partial charge in [0.05, 0.1) is 12.0 Å². The van der Waals surface area contributed by atoms with Crippen molar-refractivity contribution in [3.8, 4) is 28.6 Å². The van der Waals surface area contributed by atoms with Crippen LogP contribution in [0, 0.1) is 0 Å². The molecular weight excluding hydrogens is 540 g/mol. The molecule has 212 valence electrons. The van der Waals surface area contributed by atoms with Crippen LogP contribution < -0.4 is 10.2 Å². The summed E-state index contributed by atoms with van der Waals surface area (Å²) in [6, 6.07) is 6.82. The van der Waals surface area contributed by atoms with Crippen LogP contribution in [0.4, 0.5) is 0 Å². The minimum atomic E-state index is -1.83. The molecule has 5 atom stereocenters. The summed E-state index contributed by atoms with van der Waals surface area (Å²) in [5, 5.41) is 76.8. The maximum absolute atomic E-state index is 12.3. The zero-order valence-electron chi connectivity index (χ0n) is 20.1. The Morgan fingerprint density at radius 1 is 0.950 bits per heavy atom. The van der Waals surface area contributed by atoms with E-state index < -0.39 is 66.0 Å². The van der Waals surface area contributed by atoms with Gasteiger partial charge in [-0.15, -0.1) is 0 Å². The van der Waals surface area contributed by atoms with Gasteiger partial charge in [0, 0.05) is 29.1 Å². The lowest BCUT2D eigenvalue weighted by molar-refractivity contribution is -0.277. The van der Waals surface area contributed by atoms with Gasteiger partial charge < -0.3 is 59.2 Å². The lowest BCUT2D eigenvalue weighted by atomic mass is 9.99. The molecule has 15 heteroatoms. The molecule has 1 fully saturated rings. The summed E-state index contributed by atoms with van der Waals surface area (Å²) >= 11 is 0. The Labute approximate surface area is 221 Å². The highest BCUT2D eigenvalue weighted by Crippen LogP contribution is 2.44. The molecule has 5 rings (SSSR count). The first-order valence-corrected chi connectivity index (χ1v) is 11.4. The first-order chi connectivity index (χ1) is 19.0. The zero-order valence-corrected chi connectivity index (χ0v) is 20.1. The van der Waals surface area contributed by atoms with Crippen molar-refractivity contribution in [2.24, 2.45) is 0 Å². The summed E-state index contributed by atoms with van der Waals surface area (Å²) in [5.74, 6) is -3.49. The minimum absolute atomic E-state index is 0.0272. The van der Waals surface area contributed by atoms with Gasteiger partial charge in [0.2, 0.25) is 12.1 Å². The van der Waals surface area contributed by atoms with Gasteiger partial charge in [-0.2, -0.15) is 0 Å². The fraction of sp³-hybridized carbons (Fsp3) is 0.240. The first-order valence-electron chi connectivity index (χ1n) is 11.4. The van der Waals surface area contributed by atoms with E-state index in [1.165, 1.54) is 6.07 Å². The van der Waals surface area contributed by atoms with E-state index in [1.54, 1.807) is 0 Å². The molecule has 0 amide bonds. The van der Waals surface area contributed by atoms with E-state index >= 15 is 0 Å². The van der Waals surface area contributed by atoms with Crippen LogP contribution in [0.1, 0.15) is 10.6 Å². The molecule has 1 aliphatic rings. The third-order valence-corrected chi connectivity index (χ3v) is 6.00. The number of phenols is 2. The van der Waals surface area contributed by atoms with Crippen molar-refractivity contribution in [3.05, 3.63) is 52.4 Å². The van der Waals surface area contributed by atoms with Crippen LogP contribution >= 0.6 is 0 Å². The number of hydrogen-bond acceptors (Lipinski definition) is 13. The van der Waals surface area contributed by atoms with E-state index in [0.29, 0.717) is 0 Å². The highest BCUT2D eigenvalue weighted by Gasteiger charge is 2.45. The number of aliphatic hydroxyl groups is 4. The zero-order chi connectivity index (χ0) is 29.3. The standard InChI is InChI=1S/C24H20O13.CH2O2/c25-7-16-18(29)19(30)20(31)24(36-16)37-22-10-6-15(23(32)33)34-13-4-9(26)5-14(17(10)13)35-21(22)8-1-2-11(27)12(28)3-8;2-1-3/h1-6,16,18-20,24-25,27-31H,7H2,(H,32,33);1H,(H,2,3)/t16-,18+,19-,20-,24+;/m0./s1. The van der Waals surface area contributed by atoms with Crippen LogP contribution in [0.5, 0.6) is 17.2 Å². The van der Waals surface area contributed by atoms with Gasteiger partial charge in [0.15, 0.2) is 28.4 Å². The Balaban J connectivity index is 0.00000118. The van der Waals surface area contributed by atoms with E-state index in [4.69, 9.17) is 28.2 Å². The van der Waals surface area contributed by atoms with Crippen molar-refractivity contribution < 1.29 is 68.7 Å². The molecule has 4 aromatic rings. The number of carbonyl (C=O) groups is 2. The minimum Gasteiger partial charge on any atom is -0.504 e. The maximum atomic E-state index is 12.3. The highest BCUT2D eigenvalue weighted by molar-refractivity contribution is 6.11. The molecule has 0 spiro atoms. The predicted molar refractivity (Wildman–Crippen MR) is 131 cm³/mol. The van der Waals surface area contributed by atoms with Gasteiger partial charge in [-0.3, -0.25) is 9.59 Å². The van der Waals surface area contributed by atoms with E-state index in [1.807, 2.05) is 0 Å². The second-order valence-electron chi connectivity index (χ2n) is 8.51. The number of benzene rings is 2. The highest BCUT2D eigenvalue weighted by atomic mass is 16.7. The summed E-state index contributed by atoms with van der Waals surface area (Å²) in [7, 11) is 0. The fourth-order valence-corrected chi connectivity index (χ4v) is 4.16. The number of rotatable bonds is 5. The van der Waals surface area contributed by atoms with Crippen LogP contribution in [0.15, 0.2) is 50.0 Å². The Kier molecular flexibility index (Phi) is 7.94. The Morgan fingerprint density at radius 2 is 1.60 bits per heavy atom. The molecule has 2 aromatic heterocycles. The van der Waals surface area contributed by atoms with Crippen LogP contribution in [0.2, 0.25) is 0 Å². The molecule has 8 N–H and O–H groups in total. The van der Waals surface area contributed by atoms with E-state index in [-0.39, 0.29) is 45.5 Å². The van der Waals surface area contributed by atoms with Crippen LogP contribution in [0.25, 0.3) is 33.3 Å². The Bertz CT molecular complexity index is 1620. The lowest BCUT2D eigenvalue weighted by Gasteiger charge is -2.39. The number of ether oxygens (including phenoxy) is 2. The van der Waals surface area contributed by atoms with Crippen molar-refractivity contribution in [2.75, 3.05) is 6.61 Å². The molecule has 0 bridgehead atoms. The Hall–Kier alpha value is -4.67. The monoisotopic (exact) mass is 562 g/mol. The van der Waals surface area contributed by atoms with Crippen molar-refractivity contribution in [2.45, 2.75) is 30.7 Å². The van der Waals surface area contributed by atoms with Gasteiger partial charge in [-0.1, -0.05) is 0 Å². The maximum Gasteiger partial charge on any atom is 0.371 e. The second kappa shape index (κ2) is 11.2. The van der Waals surface area contributed by atoms with Crippen molar-refractivity contribution in [1.29, 1.82) is 0 Å². The van der Waals surface area contributed by atoms with Crippen molar-refractivity contribution in [1.82, 2.24) is 0 Å². The van der Waals surface area contributed by atoms with Crippen LogP contribution in [-0.4, -0.2) is 90.6 Å². The van der Waals surface area contributed by atoms with Gasteiger partial charge in [0.1, 0.15) is 35.6 Å². The van der Waals surface area contributed by atoms with Gasteiger partial charge >= 0.3 is 5.97 Å². The van der Waals surface area contributed by atoms with Gasteiger partial charge in [0.25, 0.3) is 6.47 Å². The van der Waals surface area contributed by atoms with E-state index in [0.717, 1.165) is 30.3 Å². The molecule has 40 heavy (non-hydrogen) atoms.